The molecule has 2 N–H and O–H groups in total. The van der Waals surface area contributed by atoms with Crippen molar-refractivity contribution in [2.45, 2.75) is 6.42 Å². The Kier molecular flexibility index (Phi) is 4.02. The van der Waals surface area contributed by atoms with E-state index in [4.69, 9.17) is 14.8 Å². The second kappa shape index (κ2) is 5.71. The predicted molar refractivity (Wildman–Crippen MR) is 74.1 cm³/mol. The average molecular weight is 242 g/mol. The van der Waals surface area contributed by atoms with Gasteiger partial charge >= 0.3 is 7.12 Å². The van der Waals surface area contributed by atoms with Crippen LogP contribution in [0.2, 0.25) is 0 Å². The fourth-order valence-corrected chi connectivity index (χ4v) is 1.75. The van der Waals surface area contributed by atoms with Crippen molar-refractivity contribution in [2.24, 2.45) is 0 Å². The SMILES string of the molecule is C=CCCOc1ccc2cc(B(O)O)ccc2c1. The lowest BCUT2D eigenvalue weighted by molar-refractivity contribution is 0.325. The van der Waals surface area contributed by atoms with Crippen LogP contribution in [0.4, 0.5) is 0 Å². The number of hydrogen-bond acceptors (Lipinski definition) is 3. The Hall–Kier alpha value is -1.78. The van der Waals surface area contributed by atoms with Crippen molar-refractivity contribution >= 4 is 23.4 Å². The van der Waals surface area contributed by atoms with Gasteiger partial charge in [-0.2, -0.15) is 0 Å². The van der Waals surface area contributed by atoms with Crippen LogP contribution in [0.5, 0.6) is 5.75 Å². The summed E-state index contributed by atoms with van der Waals surface area (Å²) in [4.78, 5) is 0. The molecule has 0 heterocycles. The molecule has 0 aliphatic carbocycles. The van der Waals surface area contributed by atoms with E-state index >= 15 is 0 Å². The molecule has 0 aliphatic rings. The van der Waals surface area contributed by atoms with Crippen LogP contribution in [0, 0.1) is 0 Å². The summed E-state index contributed by atoms with van der Waals surface area (Å²) in [6.45, 7) is 4.25. The highest BCUT2D eigenvalue weighted by Gasteiger charge is 2.10. The third-order valence-electron chi connectivity index (χ3n) is 2.72. The van der Waals surface area contributed by atoms with Gasteiger partial charge in [0, 0.05) is 0 Å². The van der Waals surface area contributed by atoms with Gasteiger partial charge in [-0.3, -0.25) is 0 Å². The van der Waals surface area contributed by atoms with Crippen LogP contribution in [0.15, 0.2) is 49.1 Å². The number of benzene rings is 2. The van der Waals surface area contributed by atoms with Gasteiger partial charge in [0.15, 0.2) is 0 Å². The summed E-state index contributed by atoms with van der Waals surface area (Å²) in [6, 6.07) is 11.0. The van der Waals surface area contributed by atoms with E-state index in [2.05, 4.69) is 6.58 Å². The molecule has 0 amide bonds. The summed E-state index contributed by atoms with van der Waals surface area (Å²) in [7, 11) is -1.43. The van der Waals surface area contributed by atoms with E-state index in [0.29, 0.717) is 12.1 Å². The van der Waals surface area contributed by atoms with Gasteiger partial charge in [0.1, 0.15) is 5.75 Å². The van der Waals surface area contributed by atoms with Crippen LogP contribution in [-0.2, 0) is 0 Å². The van der Waals surface area contributed by atoms with Crippen LogP contribution in [0.1, 0.15) is 6.42 Å². The van der Waals surface area contributed by atoms with E-state index in [1.807, 2.05) is 30.3 Å². The van der Waals surface area contributed by atoms with Gasteiger partial charge in [-0.05, 0) is 34.8 Å². The van der Waals surface area contributed by atoms with Crippen molar-refractivity contribution in [1.29, 1.82) is 0 Å². The Balaban J connectivity index is 2.24. The molecule has 0 fully saturated rings. The van der Waals surface area contributed by atoms with Crippen LogP contribution in [0.3, 0.4) is 0 Å². The maximum Gasteiger partial charge on any atom is 0.488 e. The molecule has 0 spiro atoms. The molecule has 2 aromatic rings. The van der Waals surface area contributed by atoms with E-state index in [1.54, 1.807) is 12.1 Å². The van der Waals surface area contributed by atoms with Crippen LogP contribution < -0.4 is 10.2 Å². The topological polar surface area (TPSA) is 49.7 Å². The molecule has 0 aliphatic heterocycles. The predicted octanol–water partition coefficient (Wildman–Crippen LogP) is 1.47. The quantitative estimate of drug-likeness (QED) is 0.474. The third-order valence-corrected chi connectivity index (χ3v) is 2.72. The second-order valence-electron chi connectivity index (χ2n) is 4.07. The molecule has 0 saturated heterocycles. The Bertz CT molecular complexity index is 552. The Labute approximate surface area is 106 Å². The van der Waals surface area contributed by atoms with Crippen molar-refractivity contribution in [1.82, 2.24) is 0 Å². The van der Waals surface area contributed by atoms with E-state index in [-0.39, 0.29) is 0 Å². The first-order valence-corrected chi connectivity index (χ1v) is 5.84. The van der Waals surface area contributed by atoms with Crippen molar-refractivity contribution in [3.05, 3.63) is 49.1 Å². The highest BCUT2D eigenvalue weighted by molar-refractivity contribution is 6.58. The van der Waals surface area contributed by atoms with Gasteiger partial charge in [-0.25, -0.2) is 0 Å². The van der Waals surface area contributed by atoms with E-state index in [0.717, 1.165) is 22.9 Å². The molecule has 0 radical (unpaired) electrons. The maximum atomic E-state index is 9.10. The van der Waals surface area contributed by atoms with Crippen molar-refractivity contribution < 1.29 is 14.8 Å². The summed E-state index contributed by atoms with van der Waals surface area (Å²) in [5.74, 6) is 0.807. The van der Waals surface area contributed by atoms with Crippen LogP contribution in [0.25, 0.3) is 10.8 Å². The normalized spacial score (nSPS) is 10.3. The molecule has 3 nitrogen and oxygen atoms in total. The summed E-state index contributed by atoms with van der Waals surface area (Å²) in [6.07, 6.45) is 2.63. The Morgan fingerprint density at radius 2 is 1.83 bits per heavy atom. The molecule has 92 valence electrons. The van der Waals surface area contributed by atoms with Crippen molar-refractivity contribution in [3.8, 4) is 5.75 Å². The van der Waals surface area contributed by atoms with E-state index in [1.165, 1.54) is 0 Å². The second-order valence-corrected chi connectivity index (χ2v) is 4.07. The number of hydrogen-bond donors (Lipinski definition) is 2. The molecule has 0 atom stereocenters. The Morgan fingerprint density at radius 1 is 1.11 bits per heavy atom. The smallest absolute Gasteiger partial charge is 0.488 e. The highest BCUT2D eigenvalue weighted by atomic mass is 16.5. The molecule has 18 heavy (non-hydrogen) atoms. The number of ether oxygens (including phenoxy) is 1. The van der Waals surface area contributed by atoms with Gasteiger partial charge in [0.2, 0.25) is 0 Å². The minimum Gasteiger partial charge on any atom is -0.493 e. The molecule has 0 saturated carbocycles. The zero-order chi connectivity index (χ0) is 13.0. The lowest BCUT2D eigenvalue weighted by Gasteiger charge is -2.07. The molecule has 4 heteroatoms. The molecule has 0 bridgehead atoms. The zero-order valence-corrected chi connectivity index (χ0v) is 10.0. The minimum absolute atomic E-state index is 0.489. The molecule has 0 aromatic heterocycles. The maximum absolute atomic E-state index is 9.10. The summed E-state index contributed by atoms with van der Waals surface area (Å²) >= 11 is 0. The molecule has 2 rings (SSSR count). The Morgan fingerprint density at radius 3 is 2.56 bits per heavy atom. The summed E-state index contributed by atoms with van der Waals surface area (Å²) < 4.78 is 5.56. The molecule has 2 aromatic carbocycles. The van der Waals surface area contributed by atoms with Gasteiger partial charge in [-0.15, -0.1) is 6.58 Å². The summed E-state index contributed by atoms with van der Waals surface area (Å²) in [5.41, 5.74) is 0.489. The van der Waals surface area contributed by atoms with Gasteiger partial charge in [0.25, 0.3) is 0 Å². The zero-order valence-electron chi connectivity index (χ0n) is 10.0. The highest BCUT2D eigenvalue weighted by Crippen LogP contribution is 2.20. The molecular weight excluding hydrogens is 227 g/mol. The third kappa shape index (κ3) is 2.91. The standard InChI is InChI=1S/C14H15BO3/c1-2-3-8-18-14-7-5-11-9-13(15(16)17)6-4-12(11)10-14/h2,4-7,9-10,16-17H,1,3,8H2. The lowest BCUT2D eigenvalue weighted by atomic mass is 9.79. The van der Waals surface area contributed by atoms with E-state index in [9.17, 15) is 0 Å². The average Bonchev–Trinajstić information content (AvgIpc) is 2.38. The monoisotopic (exact) mass is 242 g/mol. The van der Waals surface area contributed by atoms with Crippen LogP contribution in [-0.4, -0.2) is 23.8 Å². The van der Waals surface area contributed by atoms with E-state index < -0.39 is 7.12 Å². The molecular formula is C14H15BO3. The fourth-order valence-electron chi connectivity index (χ4n) is 1.75. The minimum atomic E-state index is -1.43. The van der Waals surface area contributed by atoms with Crippen molar-refractivity contribution in [2.75, 3.05) is 6.61 Å². The first kappa shape index (κ1) is 12.7. The number of rotatable bonds is 5. The fraction of sp³-hybridized carbons (Fsp3) is 0.143. The first-order chi connectivity index (χ1) is 8.70. The first-order valence-electron chi connectivity index (χ1n) is 5.84. The van der Waals surface area contributed by atoms with Gasteiger partial charge in [-0.1, -0.05) is 30.3 Å². The van der Waals surface area contributed by atoms with Gasteiger partial charge < -0.3 is 14.8 Å². The lowest BCUT2D eigenvalue weighted by Crippen LogP contribution is -2.29. The largest absolute Gasteiger partial charge is 0.493 e. The van der Waals surface area contributed by atoms with Crippen molar-refractivity contribution in [3.63, 3.8) is 0 Å². The summed E-state index contributed by atoms with van der Waals surface area (Å²) in [5, 5.41) is 20.2. The molecule has 0 unspecified atom stereocenters. The number of fused-ring (bicyclic) bond motifs is 1. The van der Waals surface area contributed by atoms with Gasteiger partial charge in [0.05, 0.1) is 6.61 Å². The van der Waals surface area contributed by atoms with Crippen LogP contribution >= 0.6 is 0 Å².